The number of ketones is 1. The van der Waals surface area contributed by atoms with Crippen LogP contribution in [0.15, 0.2) is 84.6 Å². The van der Waals surface area contributed by atoms with Crippen molar-refractivity contribution in [1.82, 2.24) is 4.98 Å². The number of aromatic nitrogens is 1. The summed E-state index contributed by atoms with van der Waals surface area (Å²) in [5.41, 5.74) is 5.27. The number of benzene rings is 4. The Bertz CT molecular complexity index is 2230. The number of aliphatic hydroxyl groups is 1. The first kappa shape index (κ1) is 41.4. The van der Waals surface area contributed by atoms with E-state index in [1.54, 1.807) is 0 Å². The van der Waals surface area contributed by atoms with Gasteiger partial charge in [-0.05, 0) is 71.6 Å². The molecule has 0 bridgehead atoms. The number of carbonyl (C=O) groups is 1. The van der Waals surface area contributed by atoms with Crippen molar-refractivity contribution in [2.24, 2.45) is 10.8 Å². The number of aliphatic hydroxyl groups excluding tert-OH is 1. The van der Waals surface area contributed by atoms with E-state index in [2.05, 4.69) is 113 Å². The molecule has 1 N–H and O–H groups in total. The molecule has 0 aliphatic carbocycles. The second kappa shape index (κ2) is 16.3. The topological polar surface area (TPSA) is 50.2 Å². The third kappa shape index (κ3) is 8.08. The maximum absolute atomic E-state index is 12.2. The number of rotatable bonds is 9. The summed E-state index contributed by atoms with van der Waals surface area (Å²) >= 11 is 1.88. The van der Waals surface area contributed by atoms with Crippen molar-refractivity contribution < 1.29 is 30.0 Å². The van der Waals surface area contributed by atoms with Crippen LogP contribution in [0.3, 0.4) is 0 Å². The van der Waals surface area contributed by atoms with E-state index in [-0.39, 0.29) is 47.9 Å². The van der Waals surface area contributed by atoms with Gasteiger partial charge in [-0.25, -0.2) is 0 Å². The summed E-state index contributed by atoms with van der Waals surface area (Å²) in [7, 11) is 0. The zero-order valence-corrected chi connectivity index (χ0v) is 36.2. The Hall–Kier alpha value is -3.37. The average Bonchev–Trinajstić information content (AvgIpc) is 3.53. The van der Waals surface area contributed by atoms with Gasteiger partial charge in [0, 0.05) is 57.5 Å². The quantitative estimate of drug-likeness (QED) is 0.0894. The van der Waals surface area contributed by atoms with Gasteiger partial charge in [0.1, 0.15) is 5.76 Å². The van der Waals surface area contributed by atoms with Crippen LogP contribution in [0.2, 0.25) is 0 Å². The van der Waals surface area contributed by atoms with Gasteiger partial charge in [0.25, 0.3) is 0 Å². The van der Waals surface area contributed by atoms with Crippen LogP contribution in [0.4, 0.5) is 0 Å². The summed E-state index contributed by atoms with van der Waals surface area (Å²) in [4.78, 5) is 17.5. The normalized spacial score (nSPS) is 12.7. The number of hydrogen-bond acceptors (Lipinski definition) is 4. The van der Waals surface area contributed by atoms with Crippen molar-refractivity contribution in [2.75, 3.05) is 0 Å². The molecule has 2 heterocycles. The molecule has 277 valence electrons. The van der Waals surface area contributed by atoms with E-state index >= 15 is 0 Å². The number of nitrogens with zero attached hydrogens (tertiary/aromatic N) is 1. The van der Waals surface area contributed by atoms with Crippen molar-refractivity contribution in [1.29, 1.82) is 0 Å². The Balaban J connectivity index is 0.000000289. The molecule has 3 nitrogen and oxygen atoms in total. The second-order valence-electron chi connectivity index (χ2n) is 16.0. The number of hydrogen-bond donors (Lipinski definition) is 1. The van der Waals surface area contributed by atoms with Crippen LogP contribution in [0.25, 0.3) is 53.1 Å². The fraction of sp³-hybridized carbons (Fsp3) is 0.404. The molecular weight excluding hydrogens is 835 g/mol. The molecule has 2 aromatic heterocycles. The maximum atomic E-state index is 12.2. The van der Waals surface area contributed by atoms with Crippen molar-refractivity contribution in [3.63, 3.8) is 0 Å². The molecule has 5 heteroatoms. The van der Waals surface area contributed by atoms with Gasteiger partial charge in [0.2, 0.25) is 0 Å². The van der Waals surface area contributed by atoms with E-state index in [4.69, 9.17) is 4.98 Å². The van der Waals surface area contributed by atoms with E-state index in [1.807, 2.05) is 52.9 Å². The van der Waals surface area contributed by atoms with Crippen molar-refractivity contribution in [3.8, 4) is 11.3 Å². The van der Waals surface area contributed by atoms with Gasteiger partial charge < -0.3 is 5.11 Å². The molecule has 0 fully saturated rings. The van der Waals surface area contributed by atoms with Crippen molar-refractivity contribution >= 4 is 59.0 Å². The van der Waals surface area contributed by atoms with Crippen LogP contribution < -0.4 is 0 Å². The third-order valence-electron chi connectivity index (χ3n) is 11.4. The average molecular weight is 891 g/mol. The minimum absolute atomic E-state index is 0. The molecule has 0 saturated heterocycles. The molecule has 0 spiro atoms. The smallest absolute Gasteiger partial charge is 0.164 e. The molecule has 0 aliphatic rings. The van der Waals surface area contributed by atoms with Crippen LogP contribution in [0.5, 0.6) is 0 Å². The Kier molecular flexibility index (Phi) is 13.0. The molecular formula is C47H56IrNO2S-. The van der Waals surface area contributed by atoms with Crippen LogP contribution >= 0.6 is 11.3 Å². The van der Waals surface area contributed by atoms with Crippen LogP contribution in [-0.2, 0) is 30.3 Å². The second-order valence-corrected chi connectivity index (χ2v) is 17.1. The van der Waals surface area contributed by atoms with Crippen molar-refractivity contribution in [2.45, 2.75) is 113 Å². The zero-order chi connectivity index (χ0) is 37.3. The van der Waals surface area contributed by atoms with Crippen LogP contribution in [-0.4, -0.2) is 15.9 Å². The van der Waals surface area contributed by atoms with Gasteiger partial charge in [0.15, 0.2) is 5.78 Å². The summed E-state index contributed by atoms with van der Waals surface area (Å²) in [6.45, 7) is 23.5. The molecule has 0 atom stereocenters. The van der Waals surface area contributed by atoms with E-state index in [0.717, 1.165) is 47.8 Å². The zero-order valence-electron chi connectivity index (χ0n) is 33.0. The molecule has 6 rings (SSSR count). The summed E-state index contributed by atoms with van der Waals surface area (Å²) < 4.78 is 2.63. The molecule has 0 saturated carbocycles. The first-order chi connectivity index (χ1) is 24.1. The standard InChI is InChI=1S/C32H28NS.C15H28O2.Ir/c1-19(2)20-14-15-27-25(17-20)31-29(24-12-8-9-13-28(24)34-31)30(33-27)22-16-21-10-6-7-11-23(21)26(18-22)32(3,4)5;1-7-14(5,8-2)12(16)11-13(17)15(6,9-3)10-4;/h6-15,17-19H,1-5H3;11,16H,7-10H2,1-6H3;/q-1;;/b;12-11-;. The number of carbonyl (C=O) groups excluding carboxylic acids is 1. The fourth-order valence-electron chi connectivity index (χ4n) is 6.70. The van der Waals surface area contributed by atoms with Crippen LogP contribution in [0.1, 0.15) is 119 Å². The number of allylic oxidation sites excluding steroid dienone is 2. The summed E-state index contributed by atoms with van der Waals surface area (Å²) in [5.74, 6) is 0.769. The molecule has 1 radical (unpaired) electrons. The Morgan fingerprint density at radius 3 is 2.00 bits per heavy atom. The van der Waals surface area contributed by atoms with Gasteiger partial charge in [-0.3, -0.25) is 9.78 Å². The van der Waals surface area contributed by atoms with Gasteiger partial charge in [0.05, 0.1) is 5.52 Å². The Labute approximate surface area is 329 Å². The minimum Gasteiger partial charge on any atom is -0.512 e. The van der Waals surface area contributed by atoms with Gasteiger partial charge in [-0.15, -0.1) is 40.5 Å². The SMILES string of the molecule is CC(C)c1ccc2nc(-c3[c-]c4ccccc4c(C(C)(C)C)c3)c3c4ccccc4sc3c2c1.CCC(C)(CC)C(=O)/C=C(\O)C(C)(CC)CC.[Ir]. The predicted molar refractivity (Wildman–Crippen MR) is 222 cm³/mol. The van der Waals surface area contributed by atoms with E-state index in [1.165, 1.54) is 48.1 Å². The minimum atomic E-state index is -0.337. The summed E-state index contributed by atoms with van der Waals surface area (Å²) in [6.07, 6.45) is 4.75. The third-order valence-corrected chi connectivity index (χ3v) is 12.6. The van der Waals surface area contributed by atoms with Gasteiger partial charge >= 0.3 is 0 Å². The van der Waals surface area contributed by atoms with E-state index < -0.39 is 0 Å². The fourth-order valence-corrected chi connectivity index (χ4v) is 7.92. The van der Waals surface area contributed by atoms with E-state index in [0.29, 0.717) is 5.92 Å². The van der Waals surface area contributed by atoms with Crippen LogP contribution in [0, 0.1) is 16.9 Å². The van der Waals surface area contributed by atoms with Gasteiger partial charge in [-0.2, -0.15) is 0 Å². The molecule has 6 aromatic rings. The molecule has 52 heavy (non-hydrogen) atoms. The summed E-state index contributed by atoms with van der Waals surface area (Å²) in [6, 6.07) is 30.2. The Morgan fingerprint density at radius 2 is 1.40 bits per heavy atom. The molecule has 4 aromatic carbocycles. The maximum Gasteiger partial charge on any atom is 0.164 e. The predicted octanol–water partition coefficient (Wildman–Crippen LogP) is 14.3. The first-order valence-corrected chi connectivity index (χ1v) is 19.6. The molecule has 0 amide bonds. The monoisotopic (exact) mass is 891 g/mol. The molecule has 0 unspecified atom stereocenters. The summed E-state index contributed by atoms with van der Waals surface area (Å²) in [5, 5.41) is 16.3. The Morgan fingerprint density at radius 1 is 0.808 bits per heavy atom. The van der Waals surface area contributed by atoms with Gasteiger partial charge in [-0.1, -0.05) is 130 Å². The first-order valence-electron chi connectivity index (χ1n) is 18.8. The molecule has 0 aliphatic heterocycles. The number of thiophene rings is 1. The van der Waals surface area contributed by atoms with E-state index in [9.17, 15) is 9.90 Å². The largest absolute Gasteiger partial charge is 0.512 e. The number of fused-ring (bicyclic) bond motifs is 6. The van der Waals surface area contributed by atoms with Crippen molar-refractivity contribution in [3.05, 3.63) is 102 Å². The number of pyridine rings is 1.